The van der Waals surface area contributed by atoms with Gasteiger partial charge in [0.05, 0.1) is 34.0 Å². The van der Waals surface area contributed by atoms with Crippen LogP contribution in [0.2, 0.25) is 5.02 Å². The number of aromatic nitrogens is 4. The fourth-order valence-corrected chi connectivity index (χ4v) is 4.66. The summed E-state index contributed by atoms with van der Waals surface area (Å²) in [6.45, 7) is 4.27. The van der Waals surface area contributed by atoms with Crippen molar-refractivity contribution in [2.45, 2.75) is 26.6 Å². The maximum atomic E-state index is 10.4. The number of hydrogen-bond donors (Lipinski definition) is 2. The number of thiazole rings is 2. The summed E-state index contributed by atoms with van der Waals surface area (Å²) in [5, 5.41) is 22.1. The van der Waals surface area contributed by atoms with Crippen LogP contribution in [0.4, 0.5) is 5.13 Å². The highest BCUT2D eigenvalue weighted by molar-refractivity contribution is 7.16. The molecule has 0 saturated heterocycles. The molecule has 1 aromatic carbocycles. The number of nitrogens with zero attached hydrogens (tertiary/aromatic N) is 4. The summed E-state index contributed by atoms with van der Waals surface area (Å²) < 4.78 is 1.70. The summed E-state index contributed by atoms with van der Waals surface area (Å²) in [5.74, 6) is 0. The molecule has 0 aliphatic rings. The van der Waals surface area contributed by atoms with Crippen LogP contribution in [-0.4, -0.2) is 31.1 Å². The molecule has 3 aromatic heterocycles. The van der Waals surface area contributed by atoms with Gasteiger partial charge in [-0.05, 0) is 31.5 Å². The quantitative estimate of drug-likeness (QED) is 0.427. The van der Waals surface area contributed by atoms with E-state index in [1.165, 1.54) is 11.3 Å². The van der Waals surface area contributed by atoms with Crippen molar-refractivity contribution in [1.82, 2.24) is 19.7 Å². The van der Waals surface area contributed by atoms with E-state index < -0.39 is 6.23 Å². The third kappa shape index (κ3) is 4.25. The van der Waals surface area contributed by atoms with Crippen LogP contribution in [0, 0.1) is 13.8 Å². The first-order valence-electron chi connectivity index (χ1n) is 8.61. The van der Waals surface area contributed by atoms with Crippen molar-refractivity contribution >= 4 is 39.4 Å². The van der Waals surface area contributed by atoms with E-state index in [2.05, 4.69) is 20.4 Å². The van der Waals surface area contributed by atoms with Crippen LogP contribution in [0.25, 0.3) is 21.7 Å². The van der Waals surface area contributed by atoms with Crippen LogP contribution < -0.4 is 5.32 Å². The summed E-state index contributed by atoms with van der Waals surface area (Å²) in [4.78, 5) is 10.1. The van der Waals surface area contributed by atoms with Gasteiger partial charge < -0.3 is 10.4 Å². The lowest BCUT2D eigenvalue weighted by Gasteiger charge is -2.11. The van der Waals surface area contributed by atoms with Crippen LogP contribution in [0.1, 0.15) is 10.7 Å². The summed E-state index contributed by atoms with van der Waals surface area (Å²) >= 11 is 9.01. The fourth-order valence-electron chi connectivity index (χ4n) is 2.83. The van der Waals surface area contributed by atoms with Crippen molar-refractivity contribution in [1.29, 1.82) is 0 Å². The van der Waals surface area contributed by atoms with Gasteiger partial charge in [0.25, 0.3) is 0 Å². The largest absolute Gasteiger partial charge is 0.372 e. The Morgan fingerprint density at radius 3 is 2.68 bits per heavy atom. The molecule has 3 heterocycles. The molecule has 1 unspecified atom stereocenters. The van der Waals surface area contributed by atoms with E-state index in [9.17, 15) is 5.11 Å². The zero-order chi connectivity index (χ0) is 19.7. The zero-order valence-corrected chi connectivity index (χ0v) is 17.6. The van der Waals surface area contributed by atoms with Crippen LogP contribution in [0.5, 0.6) is 0 Å². The molecule has 0 spiro atoms. The van der Waals surface area contributed by atoms with Crippen molar-refractivity contribution in [2.24, 2.45) is 0 Å². The number of benzene rings is 1. The van der Waals surface area contributed by atoms with Crippen molar-refractivity contribution in [3.63, 3.8) is 0 Å². The molecule has 0 bridgehead atoms. The van der Waals surface area contributed by atoms with Gasteiger partial charge in [0.15, 0.2) is 5.13 Å². The number of aryl methyl sites for hydroxylation is 2. The molecule has 6 nitrogen and oxygen atoms in total. The number of rotatable bonds is 6. The topological polar surface area (TPSA) is 75.9 Å². The minimum Gasteiger partial charge on any atom is -0.372 e. The van der Waals surface area contributed by atoms with Gasteiger partial charge in [0.1, 0.15) is 6.23 Å². The zero-order valence-electron chi connectivity index (χ0n) is 15.3. The predicted octanol–water partition coefficient (Wildman–Crippen LogP) is 4.83. The normalized spacial score (nSPS) is 12.3. The van der Waals surface area contributed by atoms with E-state index in [0.717, 1.165) is 32.4 Å². The SMILES string of the molecule is Cc1nc(C)c(-c2csc(NC(O)Cn3cc(-c4ccc(Cl)cc4)cn3)n2)s1. The average molecular weight is 432 g/mol. The van der Waals surface area contributed by atoms with Crippen LogP contribution >= 0.6 is 34.3 Å². The number of aliphatic hydroxyl groups is 1. The van der Waals surface area contributed by atoms with Gasteiger partial charge >= 0.3 is 0 Å². The van der Waals surface area contributed by atoms with Gasteiger partial charge in [0, 0.05) is 22.2 Å². The molecule has 144 valence electrons. The highest BCUT2D eigenvalue weighted by Gasteiger charge is 2.14. The number of aliphatic hydroxyl groups excluding tert-OH is 1. The Hall–Kier alpha value is -2.26. The molecular weight excluding hydrogens is 414 g/mol. The smallest absolute Gasteiger partial charge is 0.185 e. The Kier molecular flexibility index (Phi) is 5.45. The second-order valence-corrected chi connectivity index (χ2v) is 8.80. The van der Waals surface area contributed by atoms with Gasteiger partial charge in [-0.2, -0.15) is 5.10 Å². The van der Waals surface area contributed by atoms with E-state index in [1.807, 2.05) is 49.7 Å². The molecule has 4 rings (SSSR count). The molecule has 0 radical (unpaired) electrons. The van der Waals surface area contributed by atoms with Gasteiger partial charge in [-0.25, -0.2) is 9.97 Å². The highest BCUT2D eigenvalue weighted by Crippen LogP contribution is 2.32. The second kappa shape index (κ2) is 8.00. The van der Waals surface area contributed by atoms with Crippen molar-refractivity contribution in [2.75, 3.05) is 5.32 Å². The first kappa shape index (κ1) is 19.1. The van der Waals surface area contributed by atoms with Crippen molar-refractivity contribution < 1.29 is 5.11 Å². The van der Waals surface area contributed by atoms with Crippen LogP contribution in [0.3, 0.4) is 0 Å². The first-order chi connectivity index (χ1) is 13.5. The lowest BCUT2D eigenvalue weighted by atomic mass is 10.1. The lowest BCUT2D eigenvalue weighted by molar-refractivity contribution is 0.177. The maximum absolute atomic E-state index is 10.4. The standard InChI is InChI=1S/C19H18ClN5OS2/c1-11-18(28-12(2)22-11)16-10-27-19(23-16)24-17(26)9-25-8-14(7-21-25)13-3-5-15(20)6-4-13/h3-8,10,17,26H,9H2,1-2H3,(H,23,24). The molecule has 0 aliphatic heterocycles. The Morgan fingerprint density at radius 1 is 1.18 bits per heavy atom. The molecule has 28 heavy (non-hydrogen) atoms. The van der Waals surface area contributed by atoms with E-state index in [1.54, 1.807) is 22.2 Å². The third-order valence-electron chi connectivity index (χ3n) is 4.10. The van der Waals surface area contributed by atoms with Crippen molar-refractivity contribution in [3.05, 3.63) is 57.8 Å². The van der Waals surface area contributed by atoms with Crippen molar-refractivity contribution in [3.8, 4) is 21.7 Å². The Labute approximate surface area is 175 Å². The Balaban J connectivity index is 1.40. The predicted molar refractivity (Wildman–Crippen MR) is 115 cm³/mol. The van der Waals surface area contributed by atoms with E-state index >= 15 is 0 Å². The molecule has 0 fully saturated rings. The number of anilines is 1. The minimum absolute atomic E-state index is 0.307. The number of hydrogen-bond acceptors (Lipinski definition) is 7. The van der Waals surface area contributed by atoms with Gasteiger partial charge in [-0.15, -0.1) is 22.7 Å². The fraction of sp³-hybridized carbons (Fsp3) is 0.211. The van der Waals surface area contributed by atoms with Crippen LogP contribution in [0.15, 0.2) is 42.0 Å². The molecule has 0 amide bonds. The van der Waals surface area contributed by atoms with Gasteiger partial charge in [-0.3, -0.25) is 4.68 Å². The van der Waals surface area contributed by atoms with Gasteiger partial charge in [-0.1, -0.05) is 23.7 Å². The molecule has 0 aliphatic carbocycles. The second-order valence-electron chi connectivity index (χ2n) is 6.30. The molecule has 2 N–H and O–H groups in total. The summed E-state index contributed by atoms with van der Waals surface area (Å²) in [7, 11) is 0. The van der Waals surface area contributed by atoms with E-state index in [0.29, 0.717) is 16.7 Å². The summed E-state index contributed by atoms with van der Waals surface area (Å²) in [5.41, 5.74) is 3.85. The number of halogens is 1. The monoisotopic (exact) mass is 431 g/mol. The van der Waals surface area contributed by atoms with E-state index in [4.69, 9.17) is 11.6 Å². The molecule has 1 atom stereocenters. The lowest BCUT2D eigenvalue weighted by Crippen LogP contribution is -2.25. The third-order valence-corrected chi connectivity index (χ3v) is 6.22. The highest BCUT2D eigenvalue weighted by atomic mass is 35.5. The summed E-state index contributed by atoms with van der Waals surface area (Å²) in [6, 6.07) is 7.57. The van der Waals surface area contributed by atoms with E-state index in [-0.39, 0.29) is 0 Å². The van der Waals surface area contributed by atoms with Crippen LogP contribution in [-0.2, 0) is 6.54 Å². The van der Waals surface area contributed by atoms with Gasteiger partial charge in [0.2, 0.25) is 0 Å². The Bertz CT molecular complexity index is 1090. The molecular formula is C19H18ClN5OS2. The summed E-state index contributed by atoms with van der Waals surface area (Å²) in [6.07, 6.45) is 2.86. The minimum atomic E-state index is -0.804. The molecule has 9 heteroatoms. The Morgan fingerprint density at radius 2 is 1.96 bits per heavy atom. The number of nitrogens with one attached hydrogen (secondary N) is 1. The molecule has 0 saturated carbocycles. The maximum Gasteiger partial charge on any atom is 0.185 e. The first-order valence-corrected chi connectivity index (χ1v) is 10.7. The molecule has 4 aromatic rings. The average Bonchev–Trinajstić information content (AvgIpc) is 3.36.